The fourth-order valence-corrected chi connectivity index (χ4v) is 3.06. The summed E-state index contributed by atoms with van der Waals surface area (Å²) >= 11 is 0. The van der Waals surface area contributed by atoms with Crippen LogP contribution in [-0.2, 0) is 14.4 Å². The maximum atomic E-state index is 12.2. The first-order valence-corrected chi connectivity index (χ1v) is 6.59. The molecule has 2 N–H and O–H groups in total. The Labute approximate surface area is 111 Å². The Balaban J connectivity index is 2.13. The normalized spacial score (nSPS) is 33.4. The molecule has 2 rings (SSSR count). The number of rotatable bonds is 4. The number of carbonyl (C=O) groups is 3. The molecule has 3 unspecified atom stereocenters. The number of carboxylic acids is 1. The first-order valence-electron chi connectivity index (χ1n) is 6.59. The molecule has 0 aromatic heterocycles. The summed E-state index contributed by atoms with van der Waals surface area (Å²) in [6, 6.07) is 0. The lowest BCUT2D eigenvalue weighted by Gasteiger charge is -2.25. The second-order valence-electron chi connectivity index (χ2n) is 5.80. The average molecular weight is 269 g/mol. The van der Waals surface area contributed by atoms with Gasteiger partial charge in [-0.2, -0.15) is 0 Å². The van der Waals surface area contributed by atoms with Crippen LogP contribution in [0.4, 0.5) is 0 Å². The van der Waals surface area contributed by atoms with Crippen LogP contribution in [0, 0.1) is 17.8 Å². The van der Waals surface area contributed by atoms with E-state index in [9.17, 15) is 19.5 Å². The Hall–Kier alpha value is -1.43. The van der Waals surface area contributed by atoms with Crippen molar-refractivity contribution in [2.24, 2.45) is 17.8 Å². The summed E-state index contributed by atoms with van der Waals surface area (Å²) in [6.07, 6.45) is 2.33. The molecule has 6 heteroatoms. The van der Waals surface area contributed by atoms with Crippen LogP contribution in [0.2, 0.25) is 0 Å². The molecule has 0 bridgehead atoms. The smallest absolute Gasteiger partial charge is 0.337 e. The molecule has 0 spiro atoms. The number of carboxylic acid groups (broad SMARTS) is 1. The topological polar surface area (TPSA) is 94.9 Å². The number of aliphatic hydroxyl groups is 1. The molecule has 2 aliphatic rings. The lowest BCUT2D eigenvalue weighted by Crippen LogP contribution is -2.49. The maximum absolute atomic E-state index is 12.2. The lowest BCUT2D eigenvalue weighted by atomic mass is 10.00. The zero-order chi connectivity index (χ0) is 14.4. The van der Waals surface area contributed by atoms with E-state index in [-0.39, 0.29) is 23.7 Å². The highest BCUT2D eigenvalue weighted by Gasteiger charge is 2.53. The van der Waals surface area contributed by atoms with Gasteiger partial charge in [-0.25, -0.2) is 4.79 Å². The lowest BCUT2D eigenvalue weighted by molar-refractivity contribution is -0.161. The highest BCUT2D eigenvalue weighted by Crippen LogP contribution is 2.44. The minimum absolute atomic E-state index is 0.318. The third-order valence-corrected chi connectivity index (χ3v) is 4.33. The van der Waals surface area contributed by atoms with Gasteiger partial charge < -0.3 is 10.2 Å². The number of β-amino-alcohol motifs (C(OH)–C–C–N with tert-alkyl or cyclic N) is 1. The molecule has 1 saturated carbocycles. The highest BCUT2D eigenvalue weighted by atomic mass is 16.4. The molecule has 1 aliphatic carbocycles. The summed E-state index contributed by atoms with van der Waals surface area (Å²) in [6.45, 7) is 2.66. The van der Waals surface area contributed by atoms with Gasteiger partial charge >= 0.3 is 5.97 Å². The molecule has 6 nitrogen and oxygen atoms in total. The van der Waals surface area contributed by atoms with Crippen LogP contribution in [0.5, 0.6) is 0 Å². The molecule has 2 fully saturated rings. The van der Waals surface area contributed by atoms with Crippen molar-refractivity contribution in [3.8, 4) is 0 Å². The molecular weight excluding hydrogens is 250 g/mol. The van der Waals surface area contributed by atoms with Crippen molar-refractivity contribution in [1.82, 2.24) is 4.90 Å². The van der Waals surface area contributed by atoms with Crippen molar-refractivity contribution in [2.45, 2.75) is 38.7 Å². The van der Waals surface area contributed by atoms with Crippen molar-refractivity contribution in [1.29, 1.82) is 0 Å². The number of fused-ring (bicyclic) bond motifs is 1. The molecule has 0 radical (unpaired) electrons. The van der Waals surface area contributed by atoms with Gasteiger partial charge in [-0.3, -0.25) is 14.5 Å². The van der Waals surface area contributed by atoms with E-state index in [2.05, 4.69) is 0 Å². The van der Waals surface area contributed by atoms with Crippen LogP contribution in [0.25, 0.3) is 0 Å². The van der Waals surface area contributed by atoms with Crippen molar-refractivity contribution < 1.29 is 24.6 Å². The molecule has 2 amide bonds. The van der Waals surface area contributed by atoms with Crippen molar-refractivity contribution in [3.63, 3.8) is 0 Å². The number of imide groups is 1. The Bertz CT molecular complexity index is 407. The zero-order valence-corrected chi connectivity index (χ0v) is 11.1. The monoisotopic (exact) mass is 269 g/mol. The maximum Gasteiger partial charge on any atom is 0.337 e. The van der Waals surface area contributed by atoms with E-state index in [4.69, 9.17) is 5.11 Å². The van der Waals surface area contributed by atoms with Gasteiger partial charge in [-0.15, -0.1) is 0 Å². The Morgan fingerprint density at radius 3 is 2.16 bits per heavy atom. The van der Waals surface area contributed by atoms with Crippen LogP contribution in [0.15, 0.2) is 0 Å². The highest BCUT2D eigenvalue weighted by molar-refractivity contribution is 6.06. The van der Waals surface area contributed by atoms with E-state index in [1.165, 1.54) is 0 Å². The van der Waals surface area contributed by atoms with E-state index < -0.39 is 18.1 Å². The predicted molar refractivity (Wildman–Crippen MR) is 65.0 cm³/mol. The second-order valence-corrected chi connectivity index (χ2v) is 5.80. The van der Waals surface area contributed by atoms with Crippen LogP contribution < -0.4 is 0 Å². The largest absolute Gasteiger partial charge is 0.479 e. The third-order valence-electron chi connectivity index (χ3n) is 4.33. The fourth-order valence-electron chi connectivity index (χ4n) is 3.06. The average Bonchev–Trinajstić information content (AvgIpc) is 2.85. The van der Waals surface area contributed by atoms with Gasteiger partial charge in [0.05, 0.1) is 18.4 Å². The van der Waals surface area contributed by atoms with Crippen LogP contribution >= 0.6 is 0 Å². The Morgan fingerprint density at radius 1 is 1.32 bits per heavy atom. The molecule has 1 saturated heterocycles. The SMILES string of the molecule is CCC1CC2C(=O)N(CC(C)(O)C(=O)O)C(=O)C2C1. The summed E-state index contributed by atoms with van der Waals surface area (Å²) in [5, 5.41) is 18.6. The van der Waals surface area contributed by atoms with Gasteiger partial charge in [0.25, 0.3) is 0 Å². The molecule has 3 atom stereocenters. The number of likely N-dealkylation sites (tertiary alicyclic amines) is 1. The van der Waals surface area contributed by atoms with Crippen LogP contribution in [0.3, 0.4) is 0 Å². The van der Waals surface area contributed by atoms with Crippen LogP contribution in [-0.4, -0.2) is 45.0 Å². The number of hydrogen-bond acceptors (Lipinski definition) is 4. The van der Waals surface area contributed by atoms with E-state index in [1.54, 1.807) is 0 Å². The second kappa shape index (κ2) is 4.59. The zero-order valence-electron chi connectivity index (χ0n) is 11.1. The molecular formula is C13H19NO5. The number of amides is 2. The van der Waals surface area contributed by atoms with E-state index in [0.717, 1.165) is 18.2 Å². The molecule has 106 valence electrons. The summed E-state index contributed by atoms with van der Waals surface area (Å²) < 4.78 is 0. The Kier molecular flexibility index (Phi) is 3.38. The molecule has 1 aliphatic heterocycles. The molecule has 0 aromatic rings. The van der Waals surface area contributed by atoms with Gasteiger partial charge in [-0.05, 0) is 25.7 Å². The van der Waals surface area contributed by atoms with E-state index >= 15 is 0 Å². The number of aliphatic carboxylic acids is 1. The quantitative estimate of drug-likeness (QED) is 0.713. The van der Waals surface area contributed by atoms with Gasteiger partial charge in [0.15, 0.2) is 5.60 Å². The first kappa shape index (κ1) is 14.0. The van der Waals surface area contributed by atoms with Gasteiger partial charge in [-0.1, -0.05) is 13.3 Å². The van der Waals surface area contributed by atoms with Crippen molar-refractivity contribution in [3.05, 3.63) is 0 Å². The molecule has 0 aromatic carbocycles. The minimum Gasteiger partial charge on any atom is -0.479 e. The molecule has 1 heterocycles. The van der Waals surface area contributed by atoms with E-state index in [1.807, 2.05) is 6.92 Å². The molecule has 19 heavy (non-hydrogen) atoms. The fraction of sp³-hybridized carbons (Fsp3) is 0.769. The van der Waals surface area contributed by atoms with Crippen molar-refractivity contribution in [2.75, 3.05) is 6.54 Å². The number of carbonyl (C=O) groups excluding carboxylic acids is 2. The number of hydrogen-bond donors (Lipinski definition) is 2. The summed E-state index contributed by atoms with van der Waals surface area (Å²) in [5.41, 5.74) is -2.09. The number of nitrogens with zero attached hydrogens (tertiary/aromatic N) is 1. The summed E-state index contributed by atoms with van der Waals surface area (Å²) in [7, 11) is 0. The summed E-state index contributed by atoms with van der Waals surface area (Å²) in [4.78, 5) is 36.1. The van der Waals surface area contributed by atoms with E-state index in [0.29, 0.717) is 18.8 Å². The van der Waals surface area contributed by atoms with Crippen molar-refractivity contribution >= 4 is 17.8 Å². The standard InChI is InChI=1S/C13H19NO5/c1-3-7-4-8-9(5-7)11(16)14(10(8)15)6-13(2,19)12(17)18/h7-9,19H,3-6H2,1-2H3,(H,17,18). The van der Waals surface area contributed by atoms with Crippen LogP contribution in [0.1, 0.15) is 33.1 Å². The minimum atomic E-state index is -2.09. The van der Waals surface area contributed by atoms with Gasteiger partial charge in [0.1, 0.15) is 0 Å². The predicted octanol–water partition coefficient (Wildman–Crippen LogP) is 0.243. The third kappa shape index (κ3) is 2.25. The van der Waals surface area contributed by atoms with Gasteiger partial charge in [0, 0.05) is 0 Å². The summed E-state index contributed by atoms with van der Waals surface area (Å²) in [5.74, 6) is -2.33. The first-order chi connectivity index (χ1) is 8.77. The van der Waals surface area contributed by atoms with Gasteiger partial charge in [0.2, 0.25) is 11.8 Å². The Morgan fingerprint density at radius 2 is 1.79 bits per heavy atom.